The molecule has 0 aliphatic carbocycles. The van der Waals surface area contributed by atoms with Crippen LogP contribution in [0.1, 0.15) is 19.8 Å². The van der Waals surface area contributed by atoms with Crippen LogP contribution in [0.5, 0.6) is 0 Å². The summed E-state index contributed by atoms with van der Waals surface area (Å²) in [4.78, 5) is 10.8. The van der Waals surface area contributed by atoms with E-state index in [1.165, 1.54) is 0 Å². The molecule has 12 heavy (non-hydrogen) atoms. The second kappa shape index (κ2) is 4.42. The second-order valence-corrected chi connectivity index (χ2v) is 5.27. The molecule has 1 fully saturated rings. The van der Waals surface area contributed by atoms with E-state index in [0.29, 0.717) is 12.3 Å². The fraction of sp³-hybridized carbons (Fsp3) is 0.667. The molecular weight excluding hydrogens is 170 g/mol. The van der Waals surface area contributed by atoms with E-state index in [2.05, 4.69) is 6.07 Å². The van der Waals surface area contributed by atoms with Gasteiger partial charge in [0.25, 0.3) is 0 Å². The van der Waals surface area contributed by atoms with Gasteiger partial charge in [0.2, 0.25) is 0 Å². The molecule has 1 saturated heterocycles. The quantitative estimate of drug-likeness (QED) is 0.610. The third-order valence-corrected chi connectivity index (χ3v) is 4.13. The molecule has 1 aliphatic heterocycles. The van der Waals surface area contributed by atoms with E-state index in [0.717, 1.165) is 17.9 Å². The highest BCUT2D eigenvalue weighted by Gasteiger charge is 2.19. The van der Waals surface area contributed by atoms with Gasteiger partial charge in [-0.25, -0.2) is 0 Å². The predicted molar refractivity (Wildman–Crippen MR) is 52.4 cm³/mol. The summed E-state index contributed by atoms with van der Waals surface area (Å²) in [6, 6.07) is 2.09. The van der Waals surface area contributed by atoms with Crippen LogP contribution in [0.4, 0.5) is 0 Å². The predicted octanol–water partition coefficient (Wildman–Crippen LogP) is 1.58. The lowest BCUT2D eigenvalue weighted by Crippen LogP contribution is -2.03. The SMILES string of the molecule is CC(=O)CC1CC/S(=C\C#N)C1. The van der Waals surface area contributed by atoms with E-state index in [4.69, 9.17) is 5.26 Å². The van der Waals surface area contributed by atoms with Crippen molar-refractivity contribution in [3.05, 3.63) is 0 Å². The average molecular weight is 183 g/mol. The molecule has 0 radical (unpaired) electrons. The Kier molecular flexibility index (Phi) is 3.48. The Morgan fingerprint density at radius 3 is 3.17 bits per heavy atom. The van der Waals surface area contributed by atoms with Crippen LogP contribution in [0.2, 0.25) is 0 Å². The van der Waals surface area contributed by atoms with Gasteiger partial charge in [-0.1, -0.05) is 0 Å². The Bertz CT molecular complexity index is 252. The smallest absolute Gasteiger partial charge is 0.130 e. The molecule has 1 aliphatic rings. The molecule has 0 aromatic heterocycles. The molecule has 0 amide bonds. The van der Waals surface area contributed by atoms with E-state index < -0.39 is 0 Å². The molecule has 0 bridgehead atoms. The Morgan fingerprint density at radius 2 is 2.58 bits per heavy atom. The van der Waals surface area contributed by atoms with E-state index in [9.17, 15) is 4.79 Å². The minimum Gasteiger partial charge on any atom is -0.300 e. The van der Waals surface area contributed by atoms with Crippen molar-refractivity contribution in [3.8, 4) is 6.07 Å². The normalized spacial score (nSPS) is 28.7. The van der Waals surface area contributed by atoms with Gasteiger partial charge in [-0.05, 0) is 30.8 Å². The second-order valence-electron chi connectivity index (χ2n) is 3.22. The summed E-state index contributed by atoms with van der Waals surface area (Å²) in [5.74, 6) is 3.01. The van der Waals surface area contributed by atoms with Crippen molar-refractivity contribution in [2.24, 2.45) is 5.92 Å². The van der Waals surface area contributed by atoms with Crippen LogP contribution in [0.3, 0.4) is 0 Å². The molecule has 1 rings (SSSR count). The summed E-state index contributed by atoms with van der Waals surface area (Å²) in [6.45, 7) is 1.64. The molecule has 0 aromatic carbocycles. The van der Waals surface area contributed by atoms with Crippen molar-refractivity contribution in [1.29, 1.82) is 5.26 Å². The number of Topliss-reactive ketones (excluding diaryl/α,β-unsaturated/α-hetero) is 1. The molecule has 2 atom stereocenters. The minimum absolute atomic E-state index is 0.188. The van der Waals surface area contributed by atoms with E-state index >= 15 is 0 Å². The number of hydrogen-bond acceptors (Lipinski definition) is 2. The third kappa shape index (κ3) is 2.78. The molecule has 0 N–H and O–H groups in total. The van der Waals surface area contributed by atoms with E-state index in [1.807, 2.05) is 0 Å². The summed E-state index contributed by atoms with van der Waals surface area (Å²) in [7, 11) is 0.188. The molecule has 0 spiro atoms. The van der Waals surface area contributed by atoms with Crippen LogP contribution < -0.4 is 0 Å². The van der Waals surface area contributed by atoms with Crippen molar-refractivity contribution in [2.45, 2.75) is 19.8 Å². The first-order valence-electron chi connectivity index (χ1n) is 4.11. The topological polar surface area (TPSA) is 40.9 Å². The number of carbonyl (C=O) groups excluding carboxylic acids is 1. The number of hydrogen-bond donors (Lipinski definition) is 0. The highest BCUT2D eigenvalue weighted by atomic mass is 32.2. The maximum Gasteiger partial charge on any atom is 0.130 e. The number of carbonyl (C=O) groups is 1. The number of ketones is 1. The Hall–Kier alpha value is -0.620. The molecule has 0 aromatic rings. The Balaban J connectivity index is 2.42. The van der Waals surface area contributed by atoms with Crippen molar-refractivity contribution in [3.63, 3.8) is 0 Å². The standard InChI is InChI=1S/C9H13NOS/c1-8(11)6-9-2-4-12(7-9)5-3-10/h5,9H,2,4,6-7H2,1H3. The fourth-order valence-corrected chi connectivity index (χ4v) is 3.59. The lowest BCUT2D eigenvalue weighted by molar-refractivity contribution is -0.117. The lowest BCUT2D eigenvalue weighted by atomic mass is 10.0. The highest BCUT2D eigenvalue weighted by molar-refractivity contribution is 8.15. The Morgan fingerprint density at radius 1 is 1.83 bits per heavy atom. The molecule has 66 valence electrons. The zero-order valence-corrected chi connectivity index (χ0v) is 8.06. The van der Waals surface area contributed by atoms with Gasteiger partial charge in [0.05, 0.1) is 6.07 Å². The molecular formula is C9H13NOS. The fourth-order valence-electron chi connectivity index (χ4n) is 1.54. The monoisotopic (exact) mass is 183 g/mol. The molecule has 2 unspecified atom stereocenters. The molecule has 0 saturated carbocycles. The largest absolute Gasteiger partial charge is 0.300 e. The Labute approximate surface area is 75.5 Å². The summed E-state index contributed by atoms with van der Waals surface area (Å²) < 4.78 is 0. The van der Waals surface area contributed by atoms with Gasteiger partial charge < -0.3 is 4.79 Å². The lowest BCUT2D eigenvalue weighted by Gasteiger charge is -2.03. The van der Waals surface area contributed by atoms with E-state index in [-0.39, 0.29) is 16.3 Å². The average Bonchev–Trinajstić information content (AvgIpc) is 2.36. The van der Waals surface area contributed by atoms with Crippen molar-refractivity contribution < 1.29 is 4.79 Å². The zero-order valence-electron chi connectivity index (χ0n) is 7.25. The van der Waals surface area contributed by atoms with Gasteiger partial charge in [-0.3, -0.25) is 0 Å². The van der Waals surface area contributed by atoms with E-state index in [1.54, 1.807) is 12.3 Å². The number of rotatable bonds is 2. The molecule has 1 heterocycles. The highest BCUT2D eigenvalue weighted by Crippen LogP contribution is 2.31. The third-order valence-electron chi connectivity index (χ3n) is 2.03. The molecule has 2 nitrogen and oxygen atoms in total. The minimum atomic E-state index is 0.188. The first-order valence-corrected chi connectivity index (χ1v) is 5.73. The summed E-state index contributed by atoms with van der Waals surface area (Å²) in [6.07, 6.45) is 1.84. The van der Waals surface area contributed by atoms with Crippen LogP contribution in [0.15, 0.2) is 0 Å². The van der Waals surface area contributed by atoms with Gasteiger partial charge in [-0.15, -0.1) is 0 Å². The van der Waals surface area contributed by atoms with Gasteiger partial charge in [0.1, 0.15) is 5.78 Å². The maximum absolute atomic E-state index is 10.8. The summed E-state index contributed by atoms with van der Waals surface area (Å²) in [5.41, 5.74) is 0. The van der Waals surface area contributed by atoms with Crippen LogP contribution in [0, 0.1) is 17.2 Å². The van der Waals surface area contributed by atoms with Gasteiger partial charge in [0.15, 0.2) is 0 Å². The van der Waals surface area contributed by atoms with Crippen molar-refractivity contribution in [1.82, 2.24) is 0 Å². The molecule has 3 heteroatoms. The van der Waals surface area contributed by atoms with Crippen LogP contribution in [-0.4, -0.2) is 22.7 Å². The number of nitrogens with zero attached hydrogens (tertiary/aromatic N) is 1. The van der Waals surface area contributed by atoms with Crippen LogP contribution >= 0.6 is 10.5 Å². The summed E-state index contributed by atoms with van der Waals surface area (Å²) in [5, 5.41) is 10.2. The van der Waals surface area contributed by atoms with Crippen molar-refractivity contribution in [2.75, 3.05) is 11.5 Å². The number of nitriles is 1. The van der Waals surface area contributed by atoms with Gasteiger partial charge >= 0.3 is 0 Å². The van der Waals surface area contributed by atoms with Gasteiger partial charge in [-0.2, -0.15) is 15.7 Å². The maximum atomic E-state index is 10.8. The first kappa shape index (κ1) is 9.47. The van der Waals surface area contributed by atoms with Crippen LogP contribution in [0.25, 0.3) is 0 Å². The first-order chi connectivity index (χ1) is 5.72. The zero-order chi connectivity index (χ0) is 8.97. The van der Waals surface area contributed by atoms with Gasteiger partial charge in [0, 0.05) is 11.8 Å². The summed E-state index contributed by atoms with van der Waals surface area (Å²) >= 11 is 0. The van der Waals surface area contributed by atoms with Crippen LogP contribution in [-0.2, 0) is 4.79 Å². The van der Waals surface area contributed by atoms with Crippen molar-refractivity contribution >= 4 is 21.6 Å².